The number of ether oxygens (including phenoxy) is 1. The smallest absolute Gasteiger partial charge is 0.124 e. The zero-order valence-corrected chi connectivity index (χ0v) is 9.90. The molecule has 3 heteroatoms. The molecule has 0 aromatic heterocycles. The molecule has 1 aromatic carbocycles. The normalized spacial score (nSPS) is 19.5. The first-order valence-corrected chi connectivity index (χ1v) is 5.76. The van der Waals surface area contributed by atoms with Gasteiger partial charge in [0, 0.05) is 23.0 Å². The van der Waals surface area contributed by atoms with E-state index in [-0.39, 0.29) is 0 Å². The molecule has 0 aliphatic carbocycles. The molecule has 0 amide bonds. The van der Waals surface area contributed by atoms with Gasteiger partial charge in [-0.2, -0.15) is 0 Å². The van der Waals surface area contributed by atoms with Gasteiger partial charge in [-0.25, -0.2) is 0 Å². The highest BCUT2D eigenvalue weighted by atomic mass is 35.5. The van der Waals surface area contributed by atoms with Crippen molar-refractivity contribution in [2.24, 2.45) is 0 Å². The summed E-state index contributed by atoms with van der Waals surface area (Å²) < 4.78 is 5.64. The van der Waals surface area contributed by atoms with E-state index in [9.17, 15) is 0 Å². The maximum atomic E-state index is 6.13. The van der Waals surface area contributed by atoms with Gasteiger partial charge in [-0.05, 0) is 31.2 Å². The lowest BCUT2D eigenvalue weighted by Crippen LogP contribution is -2.26. The third-order valence-electron chi connectivity index (χ3n) is 2.78. The maximum absolute atomic E-state index is 6.13. The first kappa shape index (κ1) is 10.8. The van der Waals surface area contributed by atoms with Crippen LogP contribution < -0.4 is 10.1 Å². The highest BCUT2D eigenvalue weighted by molar-refractivity contribution is 6.31. The van der Waals surface area contributed by atoms with E-state index in [0.717, 1.165) is 35.9 Å². The number of fused-ring (bicyclic) bond motifs is 1. The minimum Gasteiger partial charge on any atom is -0.493 e. The molecule has 1 unspecified atom stereocenters. The number of hydrogen-bond donors (Lipinski definition) is 1. The predicted octanol–water partition coefficient (Wildman–Crippen LogP) is 3.08. The van der Waals surface area contributed by atoms with Gasteiger partial charge in [0.15, 0.2) is 0 Å². The highest BCUT2D eigenvalue weighted by Crippen LogP contribution is 2.35. The molecular formula is C12H16ClNO. The van der Waals surface area contributed by atoms with Gasteiger partial charge >= 0.3 is 0 Å². The molecule has 0 fully saturated rings. The van der Waals surface area contributed by atoms with Crippen molar-refractivity contribution in [3.63, 3.8) is 0 Å². The van der Waals surface area contributed by atoms with Crippen LogP contribution in [-0.2, 0) is 0 Å². The van der Waals surface area contributed by atoms with E-state index in [1.807, 2.05) is 19.1 Å². The summed E-state index contributed by atoms with van der Waals surface area (Å²) in [6, 6.07) is 4.44. The fourth-order valence-electron chi connectivity index (χ4n) is 1.97. The van der Waals surface area contributed by atoms with Crippen LogP contribution in [0.3, 0.4) is 0 Å². The third kappa shape index (κ3) is 2.11. The Hall–Kier alpha value is -0.730. The Morgan fingerprint density at radius 1 is 1.53 bits per heavy atom. The average Bonchev–Trinajstić information content (AvgIpc) is 2.21. The molecule has 0 saturated carbocycles. The van der Waals surface area contributed by atoms with Crippen molar-refractivity contribution in [2.45, 2.75) is 26.3 Å². The summed E-state index contributed by atoms with van der Waals surface area (Å²) in [4.78, 5) is 0. The largest absolute Gasteiger partial charge is 0.493 e. The molecule has 2 nitrogen and oxygen atoms in total. The lowest BCUT2D eigenvalue weighted by atomic mass is 9.99. The Morgan fingerprint density at radius 2 is 2.33 bits per heavy atom. The van der Waals surface area contributed by atoms with E-state index in [2.05, 4.69) is 12.2 Å². The minimum atomic E-state index is 0.386. The number of rotatable bonds is 2. The van der Waals surface area contributed by atoms with Crippen LogP contribution >= 0.6 is 11.6 Å². The molecule has 1 heterocycles. The predicted molar refractivity (Wildman–Crippen MR) is 62.7 cm³/mol. The molecule has 0 radical (unpaired) electrons. The summed E-state index contributed by atoms with van der Waals surface area (Å²) in [6.45, 7) is 5.87. The first-order valence-electron chi connectivity index (χ1n) is 5.38. The van der Waals surface area contributed by atoms with Crippen LogP contribution in [0.2, 0.25) is 5.02 Å². The standard InChI is InChI=1S/C12H16ClNO/c1-3-14-11-4-5-15-12-6-8(2)10(13)7-9(11)12/h6-7,11,14H,3-5H2,1-2H3. The third-order valence-corrected chi connectivity index (χ3v) is 3.19. The summed E-state index contributed by atoms with van der Waals surface area (Å²) in [6.07, 6.45) is 1.01. The van der Waals surface area contributed by atoms with Crippen molar-refractivity contribution >= 4 is 11.6 Å². The van der Waals surface area contributed by atoms with E-state index in [1.165, 1.54) is 5.56 Å². The Bertz CT molecular complexity index is 365. The van der Waals surface area contributed by atoms with E-state index in [4.69, 9.17) is 16.3 Å². The monoisotopic (exact) mass is 225 g/mol. The van der Waals surface area contributed by atoms with E-state index in [1.54, 1.807) is 0 Å². The molecule has 1 aromatic rings. The zero-order valence-electron chi connectivity index (χ0n) is 9.14. The van der Waals surface area contributed by atoms with Crippen LogP contribution in [0.15, 0.2) is 12.1 Å². The number of nitrogens with one attached hydrogen (secondary N) is 1. The van der Waals surface area contributed by atoms with Crippen molar-refractivity contribution in [3.8, 4) is 5.75 Å². The van der Waals surface area contributed by atoms with E-state index in [0.29, 0.717) is 6.04 Å². The molecule has 15 heavy (non-hydrogen) atoms. The van der Waals surface area contributed by atoms with Gasteiger partial charge in [0.2, 0.25) is 0 Å². The lowest BCUT2D eigenvalue weighted by Gasteiger charge is -2.27. The van der Waals surface area contributed by atoms with Crippen molar-refractivity contribution in [3.05, 3.63) is 28.3 Å². The number of aryl methyl sites for hydroxylation is 1. The summed E-state index contributed by atoms with van der Waals surface area (Å²) in [7, 11) is 0. The van der Waals surface area contributed by atoms with Gasteiger partial charge in [0.05, 0.1) is 6.61 Å². The Labute approximate surface area is 95.6 Å². The van der Waals surface area contributed by atoms with Crippen LogP contribution in [0.4, 0.5) is 0 Å². The van der Waals surface area contributed by atoms with Crippen molar-refractivity contribution in [1.82, 2.24) is 5.32 Å². The van der Waals surface area contributed by atoms with E-state index < -0.39 is 0 Å². The molecular weight excluding hydrogens is 210 g/mol. The van der Waals surface area contributed by atoms with Crippen LogP contribution in [0.1, 0.15) is 30.5 Å². The molecule has 1 aliphatic heterocycles. The summed E-state index contributed by atoms with van der Waals surface area (Å²) in [5.74, 6) is 0.981. The van der Waals surface area contributed by atoms with E-state index >= 15 is 0 Å². The van der Waals surface area contributed by atoms with Crippen LogP contribution in [0, 0.1) is 6.92 Å². The first-order chi connectivity index (χ1) is 7.22. The summed E-state index contributed by atoms with van der Waals surface area (Å²) in [5.41, 5.74) is 2.27. The van der Waals surface area contributed by atoms with Gasteiger partial charge in [-0.1, -0.05) is 18.5 Å². The second-order valence-electron chi connectivity index (χ2n) is 3.89. The average molecular weight is 226 g/mol. The fraction of sp³-hybridized carbons (Fsp3) is 0.500. The molecule has 1 N–H and O–H groups in total. The summed E-state index contributed by atoms with van der Waals surface area (Å²) >= 11 is 6.13. The molecule has 2 rings (SSSR count). The zero-order chi connectivity index (χ0) is 10.8. The molecule has 1 aliphatic rings. The van der Waals surface area contributed by atoms with Gasteiger partial charge in [-0.15, -0.1) is 0 Å². The van der Waals surface area contributed by atoms with Crippen molar-refractivity contribution < 1.29 is 4.74 Å². The quantitative estimate of drug-likeness (QED) is 0.835. The number of halogens is 1. The van der Waals surface area contributed by atoms with Gasteiger partial charge in [-0.3, -0.25) is 0 Å². The highest BCUT2D eigenvalue weighted by Gasteiger charge is 2.21. The fourth-order valence-corrected chi connectivity index (χ4v) is 2.14. The Kier molecular flexibility index (Phi) is 3.17. The molecule has 1 atom stereocenters. The second-order valence-corrected chi connectivity index (χ2v) is 4.29. The van der Waals surface area contributed by atoms with Gasteiger partial charge < -0.3 is 10.1 Å². The Morgan fingerprint density at radius 3 is 3.07 bits per heavy atom. The maximum Gasteiger partial charge on any atom is 0.124 e. The Balaban J connectivity index is 2.38. The lowest BCUT2D eigenvalue weighted by molar-refractivity contribution is 0.254. The second kappa shape index (κ2) is 4.42. The van der Waals surface area contributed by atoms with Crippen molar-refractivity contribution in [2.75, 3.05) is 13.2 Å². The summed E-state index contributed by atoms with van der Waals surface area (Å²) in [5, 5.41) is 4.27. The SMILES string of the molecule is CCNC1CCOc2cc(C)c(Cl)cc21. The molecule has 0 saturated heterocycles. The molecule has 0 spiro atoms. The number of hydrogen-bond acceptors (Lipinski definition) is 2. The number of benzene rings is 1. The minimum absolute atomic E-state index is 0.386. The van der Waals surface area contributed by atoms with Gasteiger partial charge in [0.1, 0.15) is 5.75 Å². The van der Waals surface area contributed by atoms with Crippen LogP contribution in [0.5, 0.6) is 5.75 Å². The van der Waals surface area contributed by atoms with Crippen LogP contribution in [0.25, 0.3) is 0 Å². The van der Waals surface area contributed by atoms with Crippen LogP contribution in [-0.4, -0.2) is 13.2 Å². The van der Waals surface area contributed by atoms with Crippen molar-refractivity contribution in [1.29, 1.82) is 0 Å². The van der Waals surface area contributed by atoms with Gasteiger partial charge in [0.25, 0.3) is 0 Å². The molecule has 0 bridgehead atoms. The molecule has 82 valence electrons. The topological polar surface area (TPSA) is 21.3 Å².